The third kappa shape index (κ3) is 1.57. The second-order valence-corrected chi connectivity index (χ2v) is 3.62. The lowest BCUT2D eigenvalue weighted by molar-refractivity contribution is 0.190. The third-order valence-electron chi connectivity index (χ3n) is 2.64. The summed E-state index contributed by atoms with van der Waals surface area (Å²) in [5.74, 6) is 0. The van der Waals surface area contributed by atoms with Crippen molar-refractivity contribution in [1.82, 2.24) is 14.8 Å². The van der Waals surface area contributed by atoms with E-state index in [9.17, 15) is 0 Å². The Hall–Kier alpha value is -0.930. The van der Waals surface area contributed by atoms with E-state index in [0.29, 0.717) is 6.17 Å². The predicted molar refractivity (Wildman–Crippen MR) is 52.2 cm³/mol. The zero-order valence-corrected chi connectivity index (χ0v) is 8.14. The molecule has 2 rings (SSSR count). The molecular formula is C10H15N3. The second-order valence-electron chi connectivity index (χ2n) is 3.62. The number of nitrogens with zero attached hydrogens (tertiary/aromatic N) is 3. The van der Waals surface area contributed by atoms with Gasteiger partial charge in [-0.15, -0.1) is 0 Å². The molecule has 70 valence electrons. The molecule has 1 fully saturated rings. The minimum atomic E-state index is 0.433. The van der Waals surface area contributed by atoms with Crippen LogP contribution in [0.1, 0.15) is 11.7 Å². The van der Waals surface area contributed by atoms with E-state index in [4.69, 9.17) is 0 Å². The summed E-state index contributed by atoms with van der Waals surface area (Å²) in [5.41, 5.74) is 1.33. The van der Waals surface area contributed by atoms with Gasteiger partial charge in [0.1, 0.15) is 0 Å². The Kier molecular flexibility index (Phi) is 2.29. The van der Waals surface area contributed by atoms with Crippen molar-refractivity contribution in [3.63, 3.8) is 0 Å². The molecule has 0 unspecified atom stereocenters. The van der Waals surface area contributed by atoms with Gasteiger partial charge in [0, 0.05) is 25.5 Å². The Bertz CT molecular complexity index is 263. The van der Waals surface area contributed by atoms with Crippen molar-refractivity contribution in [2.24, 2.45) is 0 Å². The van der Waals surface area contributed by atoms with Gasteiger partial charge < -0.3 is 0 Å². The van der Waals surface area contributed by atoms with E-state index in [1.807, 2.05) is 12.4 Å². The van der Waals surface area contributed by atoms with Gasteiger partial charge in [-0.2, -0.15) is 0 Å². The topological polar surface area (TPSA) is 19.4 Å². The summed E-state index contributed by atoms with van der Waals surface area (Å²) in [5, 5.41) is 0. The van der Waals surface area contributed by atoms with Crippen LogP contribution in [-0.4, -0.2) is 42.0 Å². The molecule has 0 N–H and O–H groups in total. The van der Waals surface area contributed by atoms with Gasteiger partial charge in [0.15, 0.2) is 0 Å². The number of aromatic nitrogens is 1. The van der Waals surface area contributed by atoms with Gasteiger partial charge in [0.25, 0.3) is 0 Å². The molecule has 0 saturated carbocycles. The van der Waals surface area contributed by atoms with E-state index in [-0.39, 0.29) is 0 Å². The van der Waals surface area contributed by atoms with Crippen LogP contribution in [0.4, 0.5) is 0 Å². The SMILES string of the molecule is CN1CCN(C)C1c1ccncc1. The van der Waals surface area contributed by atoms with E-state index in [2.05, 4.69) is 41.0 Å². The second kappa shape index (κ2) is 3.44. The van der Waals surface area contributed by atoms with Crippen LogP contribution in [-0.2, 0) is 0 Å². The molecule has 1 aliphatic heterocycles. The van der Waals surface area contributed by atoms with Crippen LogP contribution in [0.3, 0.4) is 0 Å². The van der Waals surface area contributed by atoms with Crippen molar-refractivity contribution in [3.8, 4) is 0 Å². The van der Waals surface area contributed by atoms with Gasteiger partial charge in [0.2, 0.25) is 0 Å². The van der Waals surface area contributed by atoms with Gasteiger partial charge >= 0.3 is 0 Å². The smallest absolute Gasteiger partial charge is 0.0883 e. The number of hydrogen-bond acceptors (Lipinski definition) is 3. The molecule has 0 spiro atoms. The number of pyridine rings is 1. The van der Waals surface area contributed by atoms with E-state index < -0.39 is 0 Å². The standard InChI is InChI=1S/C10H15N3/c1-12-7-8-13(2)10(12)9-3-5-11-6-4-9/h3-6,10H,7-8H2,1-2H3. The predicted octanol–water partition coefficient (Wildman–Crippen LogP) is 0.957. The molecule has 13 heavy (non-hydrogen) atoms. The first-order chi connectivity index (χ1) is 6.29. The lowest BCUT2D eigenvalue weighted by Crippen LogP contribution is -2.25. The van der Waals surface area contributed by atoms with Crippen LogP contribution in [0.25, 0.3) is 0 Å². The zero-order valence-electron chi connectivity index (χ0n) is 8.14. The van der Waals surface area contributed by atoms with Gasteiger partial charge in [-0.25, -0.2) is 0 Å². The summed E-state index contributed by atoms with van der Waals surface area (Å²) in [6, 6.07) is 4.17. The summed E-state index contributed by atoms with van der Waals surface area (Å²) < 4.78 is 0. The van der Waals surface area contributed by atoms with Crippen molar-refractivity contribution in [3.05, 3.63) is 30.1 Å². The summed E-state index contributed by atoms with van der Waals surface area (Å²) >= 11 is 0. The van der Waals surface area contributed by atoms with Crippen LogP contribution >= 0.6 is 0 Å². The van der Waals surface area contributed by atoms with Gasteiger partial charge in [0.05, 0.1) is 6.17 Å². The summed E-state index contributed by atoms with van der Waals surface area (Å²) in [6.07, 6.45) is 4.15. The molecule has 1 saturated heterocycles. The fourth-order valence-corrected chi connectivity index (χ4v) is 1.94. The van der Waals surface area contributed by atoms with E-state index >= 15 is 0 Å². The number of hydrogen-bond donors (Lipinski definition) is 0. The first-order valence-corrected chi connectivity index (χ1v) is 4.59. The molecule has 0 radical (unpaired) electrons. The first kappa shape index (κ1) is 8.66. The molecule has 0 aliphatic carbocycles. The molecule has 1 aliphatic rings. The normalized spacial score (nSPS) is 21.1. The minimum Gasteiger partial charge on any atom is -0.286 e. The van der Waals surface area contributed by atoms with Crippen molar-refractivity contribution in [2.75, 3.05) is 27.2 Å². The molecule has 3 heteroatoms. The number of rotatable bonds is 1. The Balaban J connectivity index is 2.25. The lowest BCUT2D eigenvalue weighted by atomic mass is 10.2. The largest absolute Gasteiger partial charge is 0.286 e. The Labute approximate surface area is 79.0 Å². The summed E-state index contributed by atoms with van der Waals surface area (Å²) in [7, 11) is 4.32. The highest BCUT2D eigenvalue weighted by Crippen LogP contribution is 2.25. The quantitative estimate of drug-likeness (QED) is 0.637. The molecule has 2 heterocycles. The minimum absolute atomic E-state index is 0.433. The molecular weight excluding hydrogens is 162 g/mol. The van der Waals surface area contributed by atoms with Crippen LogP contribution in [0.5, 0.6) is 0 Å². The molecule has 0 bridgehead atoms. The number of likely N-dealkylation sites (N-methyl/N-ethyl adjacent to an activating group) is 2. The monoisotopic (exact) mass is 177 g/mol. The van der Waals surface area contributed by atoms with Crippen LogP contribution in [0.2, 0.25) is 0 Å². The Morgan fingerprint density at radius 3 is 2.23 bits per heavy atom. The Morgan fingerprint density at radius 2 is 1.69 bits per heavy atom. The van der Waals surface area contributed by atoms with Crippen LogP contribution < -0.4 is 0 Å². The molecule has 0 amide bonds. The molecule has 1 aromatic heterocycles. The highest BCUT2D eigenvalue weighted by molar-refractivity contribution is 5.15. The van der Waals surface area contributed by atoms with Crippen molar-refractivity contribution in [2.45, 2.75) is 6.17 Å². The summed E-state index contributed by atoms with van der Waals surface area (Å²) in [6.45, 7) is 2.28. The first-order valence-electron chi connectivity index (χ1n) is 4.59. The Morgan fingerprint density at radius 1 is 1.15 bits per heavy atom. The lowest BCUT2D eigenvalue weighted by Gasteiger charge is -2.24. The van der Waals surface area contributed by atoms with Gasteiger partial charge in [-0.1, -0.05) is 0 Å². The zero-order chi connectivity index (χ0) is 9.26. The highest BCUT2D eigenvalue weighted by Gasteiger charge is 2.27. The maximum Gasteiger partial charge on any atom is 0.0883 e. The molecule has 3 nitrogen and oxygen atoms in total. The van der Waals surface area contributed by atoms with Gasteiger partial charge in [-0.05, 0) is 31.8 Å². The molecule has 1 aromatic rings. The van der Waals surface area contributed by atoms with Crippen LogP contribution in [0, 0.1) is 0 Å². The average Bonchev–Trinajstić information content (AvgIpc) is 2.48. The van der Waals surface area contributed by atoms with Crippen molar-refractivity contribution in [1.29, 1.82) is 0 Å². The fourth-order valence-electron chi connectivity index (χ4n) is 1.94. The maximum absolute atomic E-state index is 4.03. The van der Waals surface area contributed by atoms with Gasteiger partial charge in [-0.3, -0.25) is 14.8 Å². The van der Waals surface area contributed by atoms with Crippen molar-refractivity contribution >= 4 is 0 Å². The third-order valence-corrected chi connectivity index (χ3v) is 2.64. The molecule has 0 aromatic carbocycles. The fraction of sp³-hybridized carbons (Fsp3) is 0.500. The van der Waals surface area contributed by atoms with Crippen molar-refractivity contribution < 1.29 is 0 Å². The van der Waals surface area contributed by atoms with E-state index in [0.717, 1.165) is 13.1 Å². The summed E-state index contributed by atoms with van der Waals surface area (Å²) in [4.78, 5) is 8.74. The highest BCUT2D eigenvalue weighted by atomic mass is 15.4. The average molecular weight is 177 g/mol. The van der Waals surface area contributed by atoms with E-state index in [1.54, 1.807) is 0 Å². The van der Waals surface area contributed by atoms with Crippen LogP contribution in [0.15, 0.2) is 24.5 Å². The maximum atomic E-state index is 4.03. The van der Waals surface area contributed by atoms with E-state index in [1.165, 1.54) is 5.56 Å². The molecule has 0 atom stereocenters.